The molecule has 14 nitrogen and oxygen atoms in total. The van der Waals surface area contributed by atoms with Gasteiger partial charge in [-0.25, -0.2) is 32.1 Å². The zero-order valence-corrected chi connectivity index (χ0v) is 25.3. The second kappa shape index (κ2) is 10.5. The van der Waals surface area contributed by atoms with Gasteiger partial charge in [0.25, 0.3) is 0 Å². The maximum Gasteiger partial charge on any atom is 0.416 e. The third-order valence-corrected chi connectivity index (χ3v) is 8.91. The highest BCUT2D eigenvalue weighted by Crippen LogP contribution is 2.40. The van der Waals surface area contributed by atoms with Crippen LogP contribution in [0.3, 0.4) is 0 Å². The summed E-state index contributed by atoms with van der Waals surface area (Å²) in [5, 5.41) is 10.0. The van der Waals surface area contributed by atoms with E-state index >= 15 is 0 Å². The van der Waals surface area contributed by atoms with Crippen molar-refractivity contribution in [1.29, 1.82) is 0 Å². The molecule has 0 unspecified atom stereocenters. The highest BCUT2D eigenvalue weighted by Gasteiger charge is 2.48. The minimum Gasteiger partial charge on any atom is -0.494 e. The van der Waals surface area contributed by atoms with Crippen molar-refractivity contribution in [2.24, 2.45) is 0 Å². The van der Waals surface area contributed by atoms with Gasteiger partial charge in [0.2, 0.25) is 10.0 Å². The molecule has 15 heteroatoms. The molecule has 1 aromatic carbocycles. The highest BCUT2D eigenvalue weighted by molar-refractivity contribution is 7.88. The molecule has 0 bridgehead atoms. The van der Waals surface area contributed by atoms with Crippen LogP contribution in [0.5, 0.6) is 5.75 Å². The van der Waals surface area contributed by atoms with Crippen molar-refractivity contribution in [3.05, 3.63) is 60.7 Å². The molecule has 44 heavy (non-hydrogen) atoms. The number of ether oxygens (including phenoxy) is 2. The predicted octanol–water partition coefficient (Wildman–Crippen LogP) is 2.61. The average Bonchev–Trinajstić information content (AvgIpc) is 3.70. The van der Waals surface area contributed by atoms with Gasteiger partial charge in [-0.15, -0.1) is 5.10 Å². The maximum atomic E-state index is 13.4. The Morgan fingerprint density at radius 3 is 2.73 bits per heavy atom. The lowest BCUT2D eigenvalue weighted by molar-refractivity contribution is 0.00678. The normalized spacial score (nSPS) is 17.2. The van der Waals surface area contributed by atoms with E-state index in [0.29, 0.717) is 51.6 Å². The zero-order chi connectivity index (χ0) is 30.6. The number of pyridine rings is 1. The predicted molar refractivity (Wildman–Crippen MR) is 162 cm³/mol. The fourth-order valence-electron chi connectivity index (χ4n) is 5.83. The molecule has 4 aromatic heterocycles. The SMILES string of the molecule is COc1cc(CNS(C)(=O)=O)ccc1-n1nc(N2CC3(CCN(C)CC3)OC2=O)c2cnc(-c3cnn4cccnc34)cc21. The lowest BCUT2D eigenvalue weighted by Crippen LogP contribution is -2.45. The van der Waals surface area contributed by atoms with E-state index in [0.717, 1.165) is 37.8 Å². The van der Waals surface area contributed by atoms with Crippen LogP contribution in [0.2, 0.25) is 0 Å². The fraction of sp³-hybridized carbons (Fsp3) is 0.345. The lowest BCUT2D eigenvalue weighted by atomic mass is 9.91. The molecule has 228 valence electrons. The van der Waals surface area contributed by atoms with Gasteiger partial charge in [0.15, 0.2) is 11.5 Å². The molecule has 1 N–H and O–H groups in total. The molecule has 6 heterocycles. The number of amides is 1. The summed E-state index contributed by atoms with van der Waals surface area (Å²) >= 11 is 0. The van der Waals surface area contributed by atoms with Crippen molar-refractivity contribution in [3.63, 3.8) is 0 Å². The molecule has 7 rings (SSSR count). The van der Waals surface area contributed by atoms with Crippen LogP contribution in [0.25, 0.3) is 33.5 Å². The topological polar surface area (TPSA) is 149 Å². The Kier molecular flexibility index (Phi) is 6.75. The van der Waals surface area contributed by atoms with Gasteiger partial charge in [0.05, 0.1) is 48.3 Å². The molecule has 5 aromatic rings. The molecule has 0 radical (unpaired) electrons. The first-order chi connectivity index (χ1) is 21.1. The van der Waals surface area contributed by atoms with Crippen LogP contribution in [0.15, 0.2) is 55.1 Å². The van der Waals surface area contributed by atoms with Crippen LogP contribution in [-0.4, -0.2) is 94.4 Å². The van der Waals surface area contributed by atoms with E-state index in [9.17, 15) is 13.2 Å². The monoisotopic (exact) mass is 617 g/mol. The number of carbonyl (C=O) groups excluding carboxylic acids is 1. The van der Waals surface area contributed by atoms with Crippen molar-refractivity contribution in [1.82, 2.24) is 39.0 Å². The Morgan fingerprint density at radius 2 is 1.95 bits per heavy atom. The van der Waals surface area contributed by atoms with E-state index in [-0.39, 0.29) is 6.54 Å². The summed E-state index contributed by atoms with van der Waals surface area (Å²) in [4.78, 5) is 26.4. The molecular formula is C29H31N9O5S. The molecule has 2 aliphatic heterocycles. The third-order valence-electron chi connectivity index (χ3n) is 8.24. The summed E-state index contributed by atoms with van der Waals surface area (Å²) in [6.45, 7) is 2.17. The number of aromatic nitrogens is 6. The van der Waals surface area contributed by atoms with Crippen molar-refractivity contribution in [3.8, 4) is 22.7 Å². The molecule has 2 fully saturated rings. The van der Waals surface area contributed by atoms with Crippen LogP contribution in [0, 0.1) is 0 Å². The van der Waals surface area contributed by atoms with Crippen LogP contribution in [0.4, 0.5) is 10.6 Å². The molecule has 2 aliphatic rings. The summed E-state index contributed by atoms with van der Waals surface area (Å²) < 4.78 is 41.0. The Bertz CT molecular complexity index is 2010. The summed E-state index contributed by atoms with van der Waals surface area (Å²) in [6.07, 6.45) is 9.09. The molecule has 0 aliphatic carbocycles. The number of nitrogens with one attached hydrogen (secondary N) is 1. The number of hydrogen-bond donors (Lipinski definition) is 1. The first-order valence-corrected chi connectivity index (χ1v) is 16.0. The Labute approximate surface area is 253 Å². The van der Waals surface area contributed by atoms with E-state index in [2.05, 4.69) is 26.8 Å². The molecule has 1 amide bonds. The Balaban J connectivity index is 1.36. The Hall–Kier alpha value is -4.60. The van der Waals surface area contributed by atoms with E-state index < -0.39 is 21.7 Å². The van der Waals surface area contributed by atoms with Gasteiger partial charge in [-0.3, -0.25) is 9.88 Å². The van der Waals surface area contributed by atoms with Crippen LogP contribution in [-0.2, 0) is 21.3 Å². The molecule has 0 saturated carbocycles. The van der Waals surface area contributed by atoms with Crippen molar-refractivity contribution in [2.45, 2.75) is 25.0 Å². The summed E-state index contributed by atoms with van der Waals surface area (Å²) in [7, 11) is 0.224. The van der Waals surface area contributed by atoms with Gasteiger partial charge in [-0.1, -0.05) is 6.07 Å². The van der Waals surface area contributed by atoms with Crippen LogP contribution >= 0.6 is 0 Å². The first-order valence-electron chi connectivity index (χ1n) is 14.1. The zero-order valence-electron chi connectivity index (χ0n) is 24.5. The fourth-order valence-corrected chi connectivity index (χ4v) is 6.26. The Morgan fingerprint density at radius 1 is 1.14 bits per heavy atom. The van der Waals surface area contributed by atoms with Gasteiger partial charge in [0.1, 0.15) is 17.0 Å². The first kappa shape index (κ1) is 28.2. The number of rotatable bonds is 7. The minimum atomic E-state index is -3.38. The van der Waals surface area contributed by atoms with E-state index in [1.807, 2.05) is 18.3 Å². The number of nitrogens with zero attached hydrogens (tertiary/aromatic N) is 8. The number of piperidine rings is 1. The maximum absolute atomic E-state index is 13.4. The third kappa shape index (κ3) is 5.02. The molecule has 2 saturated heterocycles. The van der Waals surface area contributed by atoms with Crippen molar-refractivity contribution >= 4 is 38.5 Å². The van der Waals surface area contributed by atoms with Crippen molar-refractivity contribution < 1.29 is 22.7 Å². The lowest BCUT2D eigenvalue weighted by Gasteiger charge is -2.35. The molecule has 0 atom stereocenters. The van der Waals surface area contributed by atoms with Gasteiger partial charge in [0, 0.05) is 51.1 Å². The number of anilines is 1. The number of likely N-dealkylation sites (tertiary alicyclic amines) is 1. The van der Waals surface area contributed by atoms with Gasteiger partial charge >= 0.3 is 6.09 Å². The minimum absolute atomic E-state index is 0.104. The number of carbonyl (C=O) groups is 1. The molecular weight excluding hydrogens is 586 g/mol. The van der Waals surface area contributed by atoms with Crippen LogP contribution < -0.4 is 14.4 Å². The summed E-state index contributed by atoms with van der Waals surface area (Å²) in [5.41, 5.74) is 3.44. The largest absolute Gasteiger partial charge is 0.494 e. The standard InChI is InChI=1S/C29H31N9O5S/c1-35-11-7-29(8-12-35)18-36(28(39)43-29)27-21-16-31-22(20-17-32-37-10-4-9-30-26(20)37)14-24(21)38(34-27)23-6-5-19(13-25(23)42-2)15-33-44(3,40)41/h4-6,9-10,13-14,16-17,33H,7-8,11-12,15,18H2,1-3H3. The number of hydrogen-bond acceptors (Lipinski definition) is 10. The average molecular weight is 618 g/mol. The number of fused-ring (bicyclic) bond motifs is 2. The van der Waals surface area contributed by atoms with Crippen molar-refractivity contribution in [2.75, 3.05) is 44.9 Å². The molecule has 1 spiro atoms. The van der Waals surface area contributed by atoms with Gasteiger partial charge in [-0.2, -0.15) is 5.10 Å². The second-order valence-corrected chi connectivity index (χ2v) is 13.1. The summed E-state index contributed by atoms with van der Waals surface area (Å²) in [5.74, 6) is 0.906. The van der Waals surface area contributed by atoms with E-state index in [1.54, 1.807) is 58.0 Å². The second-order valence-electron chi connectivity index (χ2n) is 11.3. The van der Waals surface area contributed by atoms with Gasteiger partial charge in [-0.05, 0) is 36.9 Å². The smallest absolute Gasteiger partial charge is 0.416 e. The number of sulfonamides is 1. The number of methoxy groups -OCH3 is 1. The quantitative estimate of drug-likeness (QED) is 0.289. The highest BCUT2D eigenvalue weighted by atomic mass is 32.2. The van der Waals surface area contributed by atoms with Gasteiger partial charge < -0.3 is 14.4 Å². The van der Waals surface area contributed by atoms with E-state index in [4.69, 9.17) is 19.6 Å². The number of benzene rings is 1. The van der Waals surface area contributed by atoms with E-state index in [1.165, 1.54) is 0 Å². The summed E-state index contributed by atoms with van der Waals surface area (Å²) in [6, 6.07) is 9.07. The van der Waals surface area contributed by atoms with Crippen LogP contribution in [0.1, 0.15) is 18.4 Å².